The number of benzene rings is 3. The van der Waals surface area contributed by atoms with Crippen LogP contribution in [0.2, 0.25) is 0 Å². The average molecular weight is 481 g/mol. The standard InChI is InChI=1S/C27H32N2O4S/c30-25(20-33-26-10-3-1-4-11-26)19-28-24-9-7-8-22-15-14-21(16-23(22)17-24)18-29-34(31,32)27-12-5-2-6-13-27/h1-6,10-16,24-25,28-30H,7-9,17-20H2/t24?,25-/m0/s1. The van der Waals surface area contributed by atoms with Crippen molar-refractivity contribution in [1.29, 1.82) is 0 Å². The number of nitrogens with one attached hydrogen (secondary N) is 2. The van der Waals surface area contributed by atoms with Crippen molar-refractivity contribution in [2.45, 2.75) is 49.3 Å². The predicted molar refractivity (Wildman–Crippen MR) is 133 cm³/mol. The van der Waals surface area contributed by atoms with Gasteiger partial charge in [0.1, 0.15) is 18.5 Å². The van der Waals surface area contributed by atoms with E-state index in [1.165, 1.54) is 11.1 Å². The van der Waals surface area contributed by atoms with Gasteiger partial charge in [-0.1, -0.05) is 54.6 Å². The second-order valence-corrected chi connectivity index (χ2v) is 10.5. The molecule has 3 aromatic carbocycles. The molecule has 0 spiro atoms. The molecule has 0 bridgehead atoms. The number of hydrogen-bond acceptors (Lipinski definition) is 5. The Balaban J connectivity index is 1.31. The van der Waals surface area contributed by atoms with Crippen molar-refractivity contribution in [3.63, 3.8) is 0 Å². The van der Waals surface area contributed by atoms with Gasteiger partial charge in [0, 0.05) is 19.1 Å². The zero-order chi connectivity index (χ0) is 23.8. The first kappa shape index (κ1) is 24.4. The van der Waals surface area contributed by atoms with Gasteiger partial charge in [-0.3, -0.25) is 0 Å². The Morgan fingerprint density at radius 2 is 1.71 bits per heavy atom. The topological polar surface area (TPSA) is 87.7 Å². The van der Waals surface area contributed by atoms with Gasteiger partial charge in [-0.15, -0.1) is 0 Å². The number of para-hydroxylation sites is 1. The first-order valence-electron chi connectivity index (χ1n) is 11.7. The predicted octanol–water partition coefficient (Wildman–Crippen LogP) is 3.44. The van der Waals surface area contributed by atoms with E-state index in [0.29, 0.717) is 6.54 Å². The SMILES string of the molecule is O=S(=O)(NCc1ccc2c(c1)CC(NC[C@H](O)COc1ccccc1)CCC2)c1ccccc1. The fraction of sp³-hybridized carbons (Fsp3) is 0.333. The van der Waals surface area contributed by atoms with E-state index in [2.05, 4.69) is 22.2 Å². The molecule has 180 valence electrons. The maximum atomic E-state index is 12.5. The Morgan fingerprint density at radius 3 is 2.47 bits per heavy atom. The van der Waals surface area contributed by atoms with Crippen LogP contribution in [0.15, 0.2) is 83.8 Å². The van der Waals surface area contributed by atoms with Crippen LogP contribution in [0.3, 0.4) is 0 Å². The molecule has 6 nitrogen and oxygen atoms in total. The fourth-order valence-electron chi connectivity index (χ4n) is 4.24. The van der Waals surface area contributed by atoms with Gasteiger partial charge in [-0.2, -0.15) is 0 Å². The highest BCUT2D eigenvalue weighted by Gasteiger charge is 2.19. The molecular weight excluding hydrogens is 448 g/mol. The van der Waals surface area contributed by atoms with E-state index in [9.17, 15) is 13.5 Å². The van der Waals surface area contributed by atoms with Crippen molar-refractivity contribution < 1.29 is 18.3 Å². The van der Waals surface area contributed by atoms with Crippen LogP contribution in [0.1, 0.15) is 29.5 Å². The van der Waals surface area contributed by atoms with Crippen LogP contribution >= 0.6 is 0 Å². The summed E-state index contributed by atoms with van der Waals surface area (Å²) in [4.78, 5) is 0.267. The third kappa shape index (κ3) is 6.90. The normalized spacial score (nSPS) is 16.9. The summed E-state index contributed by atoms with van der Waals surface area (Å²) in [5, 5.41) is 13.8. The van der Waals surface area contributed by atoms with Crippen molar-refractivity contribution in [2.75, 3.05) is 13.2 Å². The molecule has 34 heavy (non-hydrogen) atoms. The third-order valence-corrected chi connectivity index (χ3v) is 7.50. The van der Waals surface area contributed by atoms with Gasteiger partial charge in [-0.05, 0) is 66.6 Å². The Labute approximate surface area is 202 Å². The molecule has 0 aromatic heterocycles. The second-order valence-electron chi connectivity index (χ2n) is 8.72. The first-order chi connectivity index (χ1) is 16.5. The lowest BCUT2D eigenvalue weighted by molar-refractivity contribution is 0.103. The molecule has 7 heteroatoms. The van der Waals surface area contributed by atoms with E-state index in [-0.39, 0.29) is 24.1 Å². The van der Waals surface area contributed by atoms with Crippen LogP contribution in [0.5, 0.6) is 5.75 Å². The monoisotopic (exact) mass is 480 g/mol. The lowest BCUT2D eigenvalue weighted by Gasteiger charge is -2.20. The molecule has 4 rings (SSSR count). The summed E-state index contributed by atoms with van der Waals surface area (Å²) in [7, 11) is -3.54. The van der Waals surface area contributed by atoms with Crippen molar-refractivity contribution >= 4 is 10.0 Å². The summed E-state index contributed by atoms with van der Waals surface area (Å²) in [6.45, 7) is 0.952. The molecule has 3 N–H and O–H groups in total. The molecule has 0 saturated carbocycles. The number of ether oxygens (including phenoxy) is 1. The number of sulfonamides is 1. The highest BCUT2D eigenvalue weighted by molar-refractivity contribution is 7.89. The van der Waals surface area contributed by atoms with Gasteiger partial charge < -0.3 is 15.2 Å². The highest BCUT2D eigenvalue weighted by atomic mass is 32.2. The summed E-state index contributed by atoms with van der Waals surface area (Å²) >= 11 is 0. The smallest absolute Gasteiger partial charge is 0.240 e. The Morgan fingerprint density at radius 1 is 0.971 bits per heavy atom. The third-order valence-electron chi connectivity index (χ3n) is 6.08. The van der Waals surface area contributed by atoms with E-state index in [1.807, 2.05) is 36.4 Å². The minimum absolute atomic E-state index is 0.242. The first-order valence-corrected chi connectivity index (χ1v) is 13.2. The van der Waals surface area contributed by atoms with Crippen LogP contribution in [0.25, 0.3) is 0 Å². The number of aliphatic hydroxyl groups is 1. The van der Waals surface area contributed by atoms with Crippen LogP contribution in [0.4, 0.5) is 0 Å². The molecule has 0 saturated heterocycles. The maximum absolute atomic E-state index is 12.5. The molecule has 0 fully saturated rings. The number of fused-ring (bicyclic) bond motifs is 1. The second kappa shape index (κ2) is 11.6. The van der Waals surface area contributed by atoms with E-state index in [0.717, 1.165) is 37.0 Å². The molecule has 0 amide bonds. The zero-order valence-electron chi connectivity index (χ0n) is 19.2. The van der Waals surface area contributed by atoms with Gasteiger partial charge >= 0.3 is 0 Å². The van der Waals surface area contributed by atoms with Crippen LogP contribution in [-0.4, -0.2) is 38.8 Å². The number of aliphatic hydroxyl groups excluding tert-OH is 1. The van der Waals surface area contributed by atoms with E-state index < -0.39 is 16.1 Å². The van der Waals surface area contributed by atoms with Crippen molar-refractivity contribution in [2.24, 2.45) is 0 Å². The lowest BCUT2D eigenvalue weighted by Crippen LogP contribution is -2.39. The zero-order valence-corrected chi connectivity index (χ0v) is 20.0. The van der Waals surface area contributed by atoms with Gasteiger partial charge in [-0.25, -0.2) is 13.1 Å². The lowest BCUT2D eigenvalue weighted by atomic mass is 9.99. The summed E-state index contributed by atoms with van der Waals surface area (Å²) < 4.78 is 33.4. The van der Waals surface area contributed by atoms with E-state index >= 15 is 0 Å². The van der Waals surface area contributed by atoms with Crippen molar-refractivity contribution in [3.8, 4) is 5.75 Å². The van der Waals surface area contributed by atoms with Gasteiger partial charge in [0.05, 0.1) is 4.90 Å². The minimum atomic E-state index is -3.54. The summed E-state index contributed by atoms with van der Waals surface area (Å²) in [5.41, 5.74) is 3.49. The largest absolute Gasteiger partial charge is 0.491 e. The Kier molecular flexibility index (Phi) is 8.34. The highest BCUT2D eigenvalue weighted by Crippen LogP contribution is 2.23. The molecule has 1 aliphatic carbocycles. The Hall–Kier alpha value is -2.71. The molecule has 0 aliphatic heterocycles. The van der Waals surface area contributed by atoms with Gasteiger partial charge in [0.15, 0.2) is 0 Å². The number of rotatable bonds is 10. The number of aryl methyl sites for hydroxylation is 1. The number of hydrogen-bond donors (Lipinski definition) is 3. The molecular formula is C27H32N2O4S. The van der Waals surface area contributed by atoms with E-state index in [1.54, 1.807) is 30.3 Å². The van der Waals surface area contributed by atoms with Crippen LogP contribution in [-0.2, 0) is 29.4 Å². The summed E-state index contributed by atoms with van der Waals surface area (Å²) in [6.07, 6.45) is 3.35. The summed E-state index contributed by atoms with van der Waals surface area (Å²) in [6, 6.07) is 24.4. The van der Waals surface area contributed by atoms with Crippen molar-refractivity contribution in [1.82, 2.24) is 10.0 Å². The van der Waals surface area contributed by atoms with Crippen molar-refractivity contribution in [3.05, 3.63) is 95.6 Å². The van der Waals surface area contributed by atoms with Gasteiger partial charge in [0.2, 0.25) is 10.0 Å². The average Bonchev–Trinajstić information content (AvgIpc) is 3.07. The molecule has 1 unspecified atom stereocenters. The summed E-state index contributed by atoms with van der Waals surface area (Å²) in [5.74, 6) is 0.750. The van der Waals surface area contributed by atoms with E-state index in [4.69, 9.17) is 4.74 Å². The van der Waals surface area contributed by atoms with Crippen LogP contribution in [0, 0.1) is 0 Å². The molecule has 1 aliphatic rings. The van der Waals surface area contributed by atoms with Crippen LogP contribution < -0.4 is 14.8 Å². The molecule has 0 radical (unpaired) electrons. The Bertz CT molecular complexity index is 1150. The maximum Gasteiger partial charge on any atom is 0.240 e. The molecule has 0 heterocycles. The minimum Gasteiger partial charge on any atom is -0.491 e. The quantitative estimate of drug-likeness (QED) is 0.387. The molecule has 2 atom stereocenters. The fourth-order valence-corrected chi connectivity index (χ4v) is 5.27. The van der Waals surface area contributed by atoms with Gasteiger partial charge in [0.25, 0.3) is 0 Å². The molecule has 3 aromatic rings.